The number of ether oxygens (including phenoxy) is 1. The average molecular weight is 387 g/mol. The normalized spacial score (nSPS) is 10.9. The van der Waals surface area contributed by atoms with Crippen molar-refractivity contribution in [2.75, 3.05) is 11.9 Å². The molecule has 4 heteroatoms. The van der Waals surface area contributed by atoms with Gasteiger partial charge in [0.25, 0.3) is 0 Å². The molecule has 0 radical (unpaired) electrons. The second-order valence-corrected chi connectivity index (χ2v) is 6.44. The van der Waals surface area contributed by atoms with Crippen molar-refractivity contribution in [3.63, 3.8) is 0 Å². The predicted molar refractivity (Wildman–Crippen MR) is 101 cm³/mol. The molecule has 0 spiro atoms. The van der Waals surface area contributed by atoms with Crippen molar-refractivity contribution < 1.29 is 9.15 Å². The van der Waals surface area contributed by atoms with Gasteiger partial charge in [0.2, 0.25) is 0 Å². The summed E-state index contributed by atoms with van der Waals surface area (Å²) in [6.07, 6.45) is 2.12. The smallest absolute Gasteiger partial charge is 0.196 e. The zero-order valence-electron chi connectivity index (χ0n) is 13.5. The van der Waals surface area contributed by atoms with Crippen LogP contribution in [0, 0.1) is 6.92 Å². The van der Waals surface area contributed by atoms with Crippen molar-refractivity contribution in [1.29, 1.82) is 0 Å². The van der Waals surface area contributed by atoms with Crippen LogP contribution in [0.3, 0.4) is 0 Å². The van der Waals surface area contributed by atoms with Crippen molar-refractivity contribution >= 4 is 26.9 Å². The van der Waals surface area contributed by atoms with E-state index in [1.54, 1.807) is 13.0 Å². The number of benzene rings is 2. The van der Waals surface area contributed by atoms with Crippen LogP contribution in [0.15, 0.2) is 57.7 Å². The number of hydrogen-bond acceptors (Lipinski definition) is 3. The Labute approximate surface area is 149 Å². The molecule has 3 rings (SSSR count). The zero-order chi connectivity index (χ0) is 16.9. The van der Waals surface area contributed by atoms with Crippen molar-refractivity contribution in [2.45, 2.75) is 19.8 Å². The molecule has 24 heavy (non-hydrogen) atoms. The molecule has 0 aliphatic heterocycles. The molecule has 3 aromatic rings. The molecule has 0 saturated heterocycles. The Bertz CT molecular complexity index is 882. The summed E-state index contributed by atoms with van der Waals surface area (Å²) in [6.45, 7) is 2.51. The number of unbranched alkanes of at least 4 members (excludes halogenated alkanes) is 1. The number of fused-ring (bicyclic) bond motifs is 1. The van der Waals surface area contributed by atoms with E-state index in [-0.39, 0.29) is 5.43 Å². The zero-order valence-corrected chi connectivity index (χ0v) is 15.1. The molecule has 0 aliphatic carbocycles. The predicted octanol–water partition coefficient (Wildman–Crippen LogP) is 5.32. The molecular formula is C20H19BrO3. The van der Waals surface area contributed by atoms with Gasteiger partial charge in [0.1, 0.15) is 17.1 Å². The number of para-hydroxylation sites is 1. The Hall–Kier alpha value is -2.07. The standard InChI is InChI=1S/C20H19BrO3/c1-14-19(22)17-6-2-3-7-18(17)24-20(14)15-8-10-16(11-9-15)23-13-5-4-12-21/h2-3,6-11H,4-5,12-13H2,1H3. The molecule has 0 atom stereocenters. The first-order chi connectivity index (χ1) is 11.7. The Morgan fingerprint density at radius 2 is 1.79 bits per heavy atom. The van der Waals surface area contributed by atoms with Crippen LogP contribution in [0.25, 0.3) is 22.3 Å². The van der Waals surface area contributed by atoms with E-state index in [0.29, 0.717) is 28.9 Å². The number of hydrogen-bond donors (Lipinski definition) is 0. The molecule has 0 fully saturated rings. The molecule has 0 aliphatic rings. The van der Waals surface area contributed by atoms with Gasteiger partial charge in [0.05, 0.1) is 12.0 Å². The van der Waals surface area contributed by atoms with Crippen LogP contribution in [0.5, 0.6) is 5.75 Å². The maximum absolute atomic E-state index is 12.5. The maximum Gasteiger partial charge on any atom is 0.196 e. The third kappa shape index (κ3) is 3.54. The van der Waals surface area contributed by atoms with Crippen molar-refractivity contribution in [3.8, 4) is 17.1 Å². The lowest BCUT2D eigenvalue weighted by molar-refractivity contribution is 0.310. The van der Waals surface area contributed by atoms with Gasteiger partial charge >= 0.3 is 0 Å². The van der Waals surface area contributed by atoms with E-state index in [2.05, 4.69) is 15.9 Å². The van der Waals surface area contributed by atoms with E-state index in [1.807, 2.05) is 42.5 Å². The Morgan fingerprint density at radius 1 is 1.04 bits per heavy atom. The quantitative estimate of drug-likeness (QED) is 0.424. The minimum Gasteiger partial charge on any atom is -0.494 e. The van der Waals surface area contributed by atoms with Gasteiger partial charge in [0.15, 0.2) is 5.43 Å². The van der Waals surface area contributed by atoms with Gasteiger partial charge in [-0.2, -0.15) is 0 Å². The Kier molecular flexibility index (Phi) is 5.36. The van der Waals surface area contributed by atoms with Gasteiger partial charge in [-0.1, -0.05) is 28.1 Å². The molecule has 0 amide bonds. The average Bonchev–Trinajstić information content (AvgIpc) is 2.62. The fraction of sp³-hybridized carbons (Fsp3) is 0.250. The second-order valence-electron chi connectivity index (χ2n) is 5.65. The fourth-order valence-electron chi connectivity index (χ4n) is 2.60. The molecule has 1 aromatic heterocycles. The lowest BCUT2D eigenvalue weighted by Gasteiger charge is -2.09. The molecule has 2 aromatic carbocycles. The van der Waals surface area contributed by atoms with Crippen molar-refractivity contribution in [1.82, 2.24) is 0 Å². The van der Waals surface area contributed by atoms with Gasteiger partial charge in [-0.15, -0.1) is 0 Å². The molecule has 3 nitrogen and oxygen atoms in total. The first-order valence-electron chi connectivity index (χ1n) is 8.02. The third-order valence-electron chi connectivity index (χ3n) is 3.94. The van der Waals surface area contributed by atoms with E-state index in [9.17, 15) is 4.79 Å². The molecule has 0 saturated carbocycles. The summed E-state index contributed by atoms with van der Waals surface area (Å²) in [5, 5.41) is 1.61. The summed E-state index contributed by atoms with van der Waals surface area (Å²) in [6, 6.07) is 15.0. The van der Waals surface area contributed by atoms with Crippen LogP contribution in [0.4, 0.5) is 0 Å². The fourth-order valence-corrected chi connectivity index (χ4v) is 3.00. The van der Waals surface area contributed by atoms with E-state index in [1.165, 1.54) is 0 Å². The highest BCUT2D eigenvalue weighted by Gasteiger charge is 2.12. The van der Waals surface area contributed by atoms with Crippen molar-refractivity contribution in [3.05, 3.63) is 64.3 Å². The van der Waals surface area contributed by atoms with E-state index < -0.39 is 0 Å². The maximum atomic E-state index is 12.5. The molecule has 0 bridgehead atoms. The van der Waals surface area contributed by atoms with Gasteiger partial charge in [0, 0.05) is 16.5 Å². The first-order valence-corrected chi connectivity index (χ1v) is 9.14. The summed E-state index contributed by atoms with van der Waals surface area (Å²) in [4.78, 5) is 12.5. The van der Waals surface area contributed by atoms with Gasteiger partial charge in [-0.25, -0.2) is 0 Å². The van der Waals surface area contributed by atoms with Crippen LogP contribution in [0.1, 0.15) is 18.4 Å². The number of halogens is 1. The summed E-state index contributed by atoms with van der Waals surface area (Å²) in [5.41, 5.74) is 2.13. The topological polar surface area (TPSA) is 39.4 Å². The summed E-state index contributed by atoms with van der Waals surface area (Å²) >= 11 is 3.41. The van der Waals surface area contributed by atoms with E-state index in [0.717, 1.165) is 29.5 Å². The lowest BCUT2D eigenvalue weighted by atomic mass is 10.1. The number of rotatable bonds is 6. The van der Waals surface area contributed by atoms with E-state index in [4.69, 9.17) is 9.15 Å². The lowest BCUT2D eigenvalue weighted by Crippen LogP contribution is -2.07. The van der Waals surface area contributed by atoms with Gasteiger partial charge in [-0.3, -0.25) is 4.79 Å². The number of alkyl halides is 1. The van der Waals surface area contributed by atoms with Crippen LogP contribution in [-0.2, 0) is 0 Å². The molecule has 124 valence electrons. The monoisotopic (exact) mass is 386 g/mol. The highest BCUT2D eigenvalue weighted by molar-refractivity contribution is 9.09. The summed E-state index contributed by atoms with van der Waals surface area (Å²) < 4.78 is 11.7. The largest absolute Gasteiger partial charge is 0.494 e. The van der Waals surface area contributed by atoms with Crippen LogP contribution < -0.4 is 10.2 Å². The minimum absolute atomic E-state index is 0.0157. The SMILES string of the molecule is Cc1c(-c2ccc(OCCCCBr)cc2)oc2ccccc2c1=O. The van der Waals surface area contributed by atoms with Gasteiger partial charge in [-0.05, 0) is 56.2 Å². The Morgan fingerprint density at radius 3 is 2.54 bits per heavy atom. The molecule has 0 N–H and O–H groups in total. The molecular weight excluding hydrogens is 368 g/mol. The van der Waals surface area contributed by atoms with Crippen LogP contribution in [0.2, 0.25) is 0 Å². The highest BCUT2D eigenvalue weighted by atomic mass is 79.9. The summed E-state index contributed by atoms with van der Waals surface area (Å²) in [5.74, 6) is 1.44. The van der Waals surface area contributed by atoms with E-state index >= 15 is 0 Å². The second kappa shape index (κ2) is 7.67. The highest BCUT2D eigenvalue weighted by Crippen LogP contribution is 2.27. The first kappa shape index (κ1) is 16.8. The molecule has 1 heterocycles. The van der Waals surface area contributed by atoms with Crippen LogP contribution in [-0.4, -0.2) is 11.9 Å². The summed E-state index contributed by atoms with van der Waals surface area (Å²) in [7, 11) is 0. The van der Waals surface area contributed by atoms with Gasteiger partial charge < -0.3 is 9.15 Å². The van der Waals surface area contributed by atoms with Crippen molar-refractivity contribution in [2.24, 2.45) is 0 Å². The minimum atomic E-state index is 0.0157. The Balaban J connectivity index is 1.88. The third-order valence-corrected chi connectivity index (χ3v) is 4.50. The molecule has 0 unspecified atom stereocenters. The van der Waals surface area contributed by atoms with Crippen LogP contribution >= 0.6 is 15.9 Å².